The summed E-state index contributed by atoms with van der Waals surface area (Å²) in [4.78, 5) is 0. The zero-order chi connectivity index (χ0) is 34.0. The number of aromatic hydroxyl groups is 1. The van der Waals surface area contributed by atoms with Gasteiger partial charge >= 0.3 is 25.8 Å². The van der Waals surface area contributed by atoms with E-state index in [1.807, 2.05) is 78.9 Å². The van der Waals surface area contributed by atoms with Crippen molar-refractivity contribution >= 4 is 5.69 Å². The third-order valence-electron chi connectivity index (χ3n) is 7.81. The van der Waals surface area contributed by atoms with Crippen LogP contribution in [0.1, 0.15) is 84.0 Å². The third-order valence-corrected chi connectivity index (χ3v) is 7.81. The molecule has 0 aliphatic heterocycles. The van der Waals surface area contributed by atoms with Gasteiger partial charge in [0.25, 0.3) is 0 Å². The number of hydrogen-bond acceptors (Lipinski definition) is 2. The number of phenolic OH excluding ortho intramolecular Hbond substituents is 1. The van der Waals surface area contributed by atoms with Gasteiger partial charge in [0, 0.05) is 6.42 Å². The first-order valence-corrected chi connectivity index (χ1v) is 16.8. The van der Waals surface area contributed by atoms with E-state index in [-0.39, 0.29) is 25.8 Å². The second-order valence-corrected chi connectivity index (χ2v) is 12.5. The van der Waals surface area contributed by atoms with Gasteiger partial charge in [-0.3, -0.25) is 0 Å². The SMILES string of the molecule is Cc1cc(CCNCC[N-]c2c(C(C)C)cccc2C(C)C)c(O)c(Cc2ccccc2)c1.[CH2-]c1ccccc1.[CH2-]c1ccccc1.[Hf+4]. The maximum Gasteiger partial charge on any atom is 4.00 e. The van der Waals surface area contributed by atoms with Crippen LogP contribution < -0.4 is 5.32 Å². The largest absolute Gasteiger partial charge is 4.00 e. The predicted molar refractivity (Wildman–Crippen MR) is 203 cm³/mol. The third kappa shape index (κ3) is 14.2. The van der Waals surface area contributed by atoms with E-state index in [4.69, 9.17) is 5.32 Å². The van der Waals surface area contributed by atoms with Crippen molar-refractivity contribution in [2.24, 2.45) is 0 Å². The molecule has 0 aliphatic rings. The summed E-state index contributed by atoms with van der Waals surface area (Å²) >= 11 is 0. The molecular weight excluding hydrogens is 751 g/mol. The fraction of sp³-hybridized carbons (Fsp3) is 0.273. The van der Waals surface area contributed by atoms with Crippen LogP contribution in [0.4, 0.5) is 5.69 Å². The Morgan fingerprint density at radius 3 is 1.58 bits per heavy atom. The van der Waals surface area contributed by atoms with E-state index in [0.29, 0.717) is 17.6 Å². The molecule has 0 unspecified atom stereocenters. The maximum absolute atomic E-state index is 10.8. The number of rotatable bonds is 11. The number of nitrogens with one attached hydrogen (secondary N) is 1. The molecule has 3 nitrogen and oxygen atoms in total. The molecule has 4 heteroatoms. The Hall–Kier alpha value is -3.73. The molecule has 0 amide bonds. The van der Waals surface area contributed by atoms with Crippen molar-refractivity contribution in [3.8, 4) is 5.75 Å². The summed E-state index contributed by atoms with van der Waals surface area (Å²) in [6, 6.07) is 40.8. The van der Waals surface area contributed by atoms with Gasteiger partial charge in [-0.05, 0) is 55.0 Å². The summed E-state index contributed by atoms with van der Waals surface area (Å²) in [6.45, 7) is 20.9. The molecule has 0 fully saturated rings. The van der Waals surface area contributed by atoms with Gasteiger partial charge in [0.1, 0.15) is 5.75 Å². The van der Waals surface area contributed by atoms with Crippen LogP contribution in [0.3, 0.4) is 0 Å². The average Bonchev–Trinajstić information content (AvgIpc) is 3.06. The molecule has 0 saturated heterocycles. The summed E-state index contributed by atoms with van der Waals surface area (Å²) < 4.78 is 0. The first kappa shape index (κ1) is 40.4. The van der Waals surface area contributed by atoms with Crippen molar-refractivity contribution < 1.29 is 30.9 Å². The summed E-state index contributed by atoms with van der Waals surface area (Å²) in [6.07, 6.45) is 1.55. The second kappa shape index (κ2) is 22.0. The number of aryl methyl sites for hydroxylation is 1. The summed E-state index contributed by atoms with van der Waals surface area (Å²) in [5.41, 5.74) is 10.4. The molecule has 5 aromatic rings. The normalized spacial score (nSPS) is 10.3. The van der Waals surface area contributed by atoms with E-state index in [2.05, 4.69) is 96.2 Å². The molecule has 5 rings (SSSR count). The van der Waals surface area contributed by atoms with Crippen molar-refractivity contribution in [1.82, 2.24) is 5.32 Å². The van der Waals surface area contributed by atoms with Crippen molar-refractivity contribution in [3.63, 3.8) is 0 Å². The topological polar surface area (TPSA) is 46.4 Å². The van der Waals surface area contributed by atoms with E-state index < -0.39 is 0 Å². The second-order valence-electron chi connectivity index (χ2n) is 12.5. The fourth-order valence-corrected chi connectivity index (χ4v) is 5.32. The summed E-state index contributed by atoms with van der Waals surface area (Å²) in [5, 5.41) is 19.3. The zero-order valence-electron chi connectivity index (χ0n) is 29.5. The van der Waals surface area contributed by atoms with Crippen molar-refractivity contribution in [2.45, 2.75) is 59.3 Å². The monoisotopic (exact) mass is 805 g/mol. The first-order valence-electron chi connectivity index (χ1n) is 16.8. The van der Waals surface area contributed by atoms with Crippen LogP contribution >= 0.6 is 0 Å². The fourth-order valence-electron chi connectivity index (χ4n) is 5.32. The molecule has 0 bridgehead atoms. The van der Waals surface area contributed by atoms with Gasteiger partial charge < -0.3 is 15.7 Å². The number of benzene rings is 5. The van der Waals surface area contributed by atoms with Crippen molar-refractivity contribution in [3.05, 3.63) is 185 Å². The molecule has 0 spiro atoms. The van der Waals surface area contributed by atoms with Gasteiger partial charge in [0.05, 0.1) is 0 Å². The van der Waals surface area contributed by atoms with E-state index >= 15 is 0 Å². The average molecular weight is 804 g/mol. The molecule has 0 heterocycles. The molecule has 5 aromatic carbocycles. The first-order chi connectivity index (χ1) is 22.7. The van der Waals surface area contributed by atoms with Gasteiger partial charge in [-0.25, -0.2) is 0 Å². The maximum atomic E-state index is 10.8. The smallest absolute Gasteiger partial charge is 0.683 e. The van der Waals surface area contributed by atoms with Crippen molar-refractivity contribution in [2.75, 3.05) is 19.6 Å². The van der Waals surface area contributed by atoms with Gasteiger partial charge in [0.2, 0.25) is 0 Å². The minimum absolute atomic E-state index is 0. The standard InChI is InChI=1S/C30H39N2O.2C7H7.Hf/c1-21(2)27-12-9-13-28(22(3)4)29(27)32-17-16-31-15-14-25-18-23(5)19-26(30(25)33)20-24-10-7-6-8-11-24;2*1-7-5-3-2-4-6-7;/h6-13,18-19,21-22,31,33H,14-17,20H2,1-5H3;2*2-6H,1H2;/q3*-1;+4. The van der Waals surface area contributed by atoms with Crippen LogP contribution in [0, 0.1) is 20.8 Å². The van der Waals surface area contributed by atoms with Crippen molar-refractivity contribution in [1.29, 1.82) is 0 Å². The molecule has 2 N–H and O–H groups in total. The number of nitrogens with zero attached hydrogens (tertiary/aromatic N) is 1. The minimum Gasteiger partial charge on any atom is -0.683 e. The van der Waals surface area contributed by atoms with Crippen LogP contribution in [-0.4, -0.2) is 24.7 Å². The van der Waals surface area contributed by atoms with Gasteiger partial charge in [-0.2, -0.15) is 49.2 Å². The Balaban J connectivity index is 0.000000437. The van der Waals surface area contributed by atoms with E-state index in [1.165, 1.54) is 27.9 Å². The Morgan fingerprint density at radius 2 is 1.12 bits per heavy atom. The Morgan fingerprint density at radius 1 is 0.646 bits per heavy atom. The number of hydrogen-bond donors (Lipinski definition) is 2. The van der Waals surface area contributed by atoms with Crippen LogP contribution in [-0.2, 0) is 38.7 Å². The quantitative estimate of drug-likeness (QED) is 0.0794. The number of para-hydroxylation sites is 1. The number of phenols is 1. The van der Waals surface area contributed by atoms with Crippen LogP contribution in [0.15, 0.2) is 121 Å². The molecule has 0 atom stereocenters. The van der Waals surface area contributed by atoms with Gasteiger partial charge in [-0.15, -0.1) is 36.5 Å². The van der Waals surface area contributed by atoms with E-state index in [0.717, 1.165) is 54.7 Å². The summed E-state index contributed by atoms with van der Waals surface area (Å²) in [5.74, 6) is 1.36. The molecular formula is C44H53HfN2O+. The van der Waals surface area contributed by atoms with E-state index in [9.17, 15) is 5.11 Å². The van der Waals surface area contributed by atoms with Crippen LogP contribution in [0.2, 0.25) is 0 Å². The zero-order valence-corrected chi connectivity index (χ0v) is 33.1. The van der Waals surface area contributed by atoms with Crippen LogP contribution in [0.5, 0.6) is 5.75 Å². The molecule has 0 aliphatic carbocycles. The molecule has 0 aromatic heterocycles. The van der Waals surface area contributed by atoms with Gasteiger partial charge in [-0.1, -0.05) is 117 Å². The Kier molecular flexibility index (Phi) is 18.5. The van der Waals surface area contributed by atoms with E-state index in [1.54, 1.807) is 0 Å². The van der Waals surface area contributed by atoms with Gasteiger partial charge in [0.15, 0.2) is 0 Å². The Bertz CT molecular complexity index is 1520. The molecule has 248 valence electrons. The summed E-state index contributed by atoms with van der Waals surface area (Å²) in [7, 11) is 0. The van der Waals surface area contributed by atoms with Crippen LogP contribution in [0.25, 0.3) is 5.32 Å². The molecule has 48 heavy (non-hydrogen) atoms. The molecule has 0 radical (unpaired) electrons. The molecule has 0 saturated carbocycles. The Labute approximate surface area is 310 Å². The predicted octanol–water partition coefficient (Wildman–Crippen LogP) is 11.1. The minimum atomic E-state index is 0.